The number of hydrogen-bond donors (Lipinski definition) is 1. The molecule has 0 aliphatic heterocycles. The number of rotatable bonds is 2. The van der Waals surface area contributed by atoms with Crippen molar-refractivity contribution < 1.29 is 5.11 Å². The van der Waals surface area contributed by atoms with Crippen molar-refractivity contribution in [3.05, 3.63) is 48.8 Å². The zero-order valence-corrected chi connectivity index (χ0v) is 14.2. The minimum Gasteiger partial charge on any atom is -0.505 e. The van der Waals surface area contributed by atoms with E-state index in [4.69, 9.17) is 46.4 Å². The van der Waals surface area contributed by atoms with Gasteiger partial charge in [-0.25, -0.2) is 0 Å². The molecule has 104 valence electrons. The minimum atomic E-state index is -0.0747. The lowest BCUT2D eigenvalue weighted by molar-refractivity contribution is 0.473. The summed E-state index contributed by atoms with van der Waals surface area (Å²) in [5, 5.41) is 19.0. The lowest BCUT2D eigenvalue weighted by Gasteiger charge is -2.03. The highest BCUT2D eigenvalue weighted by atomic mass is 79.9. The summed E-state index contributed by atoms with van der Waals surface area (Å²) in [6.07, 6.45) is 0. The Morgan fingerprint density at radius 1 is 0.800 bits per heavy atom. The Hall–Kier alpha value is -0.520. The molecule has 0 bridgehead atoms. The van der Waals surface area contributed by atoms with Gasteiger partial charge in [-0.1, -0.05) is 46.4 Å². The van der Waals surface area contributed by atoms with Crippen molar-refractivity contribution in [2.75, 3.05) is 0 Å². The van der Waals surface area contributed by atoms with E-state index < -0.39 is 0 Å². The molecule has 0 radical (unpaired) electrons. The molecule has 1 N–H and O–H groups in total. The average molecular weight is 415 g/mol. The molecular formula is C12H5BrCl4N2O. The van der Waals surface area contributed by atoms with Gasteiger partial charge >= 0.3 is 0 Å². The summed E-state index contributed by atoms with van der Waals surface area (Å²) in [6.45, 7) is 0. The van der Waals surface area contributed by atoms with Crippen LogP contribution in [-0.4, -0.2) is 5.11 Å². The zero-order valence-electron chi connectivity index (χ0n) is 9.54. The summed E-state index contributed by atoms with van der Waals surface area (Å²) < 4.78 is 0.416. The summed E-state index contributed by atoms with van der Waals surface area (Å²) in [5.74, 6) is -0.0747. The Bertz CT molecular complexity index is 706. The van der Waals surface area contributed by atoms with Crippen LogP contribution >= 0.6 is 62.3 Å². The van der Waals surface area contributed by atoms with Crippen LogP contribution in [-0.2, 0) is 0 Å². The summed E-state index contributed by atoms with van der Waals surface area (Å²) in [6, 6.07) is 5.96. The van der Waals surface area contributed by atoms with E-state index in [1.54, 1.807) is 6.07 Å². The quantitative estimate of drug-likeness (QED) is 0.410. The molecule has 0 unspecified atom stereocenters. The topological polar surface area (TPSA) is 45.0 Å². The molecule has 0 atom stereocenters. The molecule has 3 nitrogen and oxygen atoms in total. The van der Waals surface area contributed by atoms with Gasteiger partial charge in [-0.2, -0.15) is 0 Å². The molecule has 0 spiro atoms. The monoisotopic (exact) mass is 412 g/mol. The molecule has 2 aromatic rings. The highest BCUT2D eigenvalue weighted by Crippen LogP contribution is 2.39. The standard InChI is InChI=1S/C12H5BrCl4N2O/c13-6-1-5(14)2-11(12(6)20)19-18-10-4-8(16)7(15)3-9(10)17/h1-4,20H. The second-order valence-corrected chi connectivity index (χ2v) is 6.19. The highest BCUT2D eigenvalue weighted by Gasteiger charge is 2.08. The van der Waals surface area contributed by atoms with Crippen molar-refractivity contribution >= 4 is 73.7 Å². The van der Waals surface area contributed by atoms with Crippen LogP contribution in [0, 0.1) is 0 Å². The van der Waals surface area contributed by atoms with Gasteiger partial charge in [0, 0.05) is 5.02 Å². The molecular weight excluding hydrogens is 410 g/mol. The van der Waals surface area contributed by atoms with E-state index in [0.29, 0.717) is 30.3 Å². The van der Waals surface area contributed by atoms with Crippen LogP contribution in [0.3, 0.4) is 0 Å². The van der Waals surface area contributed by atoms with Crippen molar-refractivity contribution in [2.45, 2.75) is 0 Å². The predicted octanol–water partition coefficient (Wildman–Crippen LogP) is 7.18. The smallest absolute Gasteiger partial charge is 0.157 e. The van der Waals surface area contributed by atoms with Gasteiger partial charge in [0.15, 0.2) is 5.75 Å². The molecule has 2 rings (SSSR count). The lowest BCUT2D eigenvalue weighted by atomic mass is 10.3. The Morgan fingerprint density at radius 3 is 2.10 bits per heavy atom. The maximum absolute atomic E-state index is 9.83. The number of aromatic hydroxyl groups is 1. The van der Waals surface area contributed by atoms with Crippen LogP contribution in [0.2, 0.25) is 20.1 Å². The van der Waals surface area contributed by atoms with Gasteiger partial charge in [-0.3, -0.25) is 0 Å². The summed E-state index contributed by atoms with van der Waals surface area (Å²) in [5.41, 5.74) is 0.531. The van der Waals surface area contributed by atoms with Crippen molar-refractivity contribution in [2.24, 2.45) is 10.2 Å². The Kier molecular flexibility index (Phi) is 5.15. The number of hydrogen-bond acceptors (Lipinski definition) is 3. The maximum atomic E-state index is 9.83. The molecule has 0 aliphatic carbocycles. The van der Waals surface area contributed by atoms with Crippen molar-refractivity contribution in [1.82, 2.24) is 0 Å². The van der Waals surface area contributed by atoms with E-state index in [2.05, 4.69) is 26.2 Å². The third kappa shape index (κ3) is 3.57. The molecule has 20 heavy (non-hydrogen) atoms. The number of phenolic OH excluding ortho intramolecular Hbond substituents is 1. The fourth-order valence-corrected chi connectivity index (χ4v) is 2.70. The molecule has 0 saturated heterocycles. The molecule has 8 heteroatoms. The van der Waals surface area contributed by atoms with E-state index in [0.717, 1.165) is 0 Å². The molecule has 0 fully saturated rings. The molecule has 0 amide bonds. The van der Waals surface area contributed by atoms with E-state index in [1.807, 2.05) is 0 Å². The van der Waals surface area contributed by atoms with Crippen LogP contribution in [0.25, 0.3) is 0 Å². The van der Waals surface area contributed by atoms with Crippen LogP contribution in [0.5, 0.6) is 5.75 Å². The number of phenols is 1. The van der Waals surface area contributed by atoms with Gasteiger partial charge < -0.3 is 5.11 Å². The average Bonchev–Trinajstić information content (AvgIpc) is 2.37. The molecule has 0 saturated carbocycles. The Morgan fingerprint density at radius 2 is 1.40 bits per heavy atom. The molecule has 0 aromatic heterocycles. The van der Waals surface area contributed by atoms with Gasteiger partial charge in [0.2, 0.25) is 0 Å². The van der Waals surface area contributed by atoms with Gasteiger partial charge in [-0.05, 0) is 40.2 Å². The van der Waals surface area contributed by atoms with E-state index in [9.17, 15) is 5.11 Å². The molecule has 0 aliphatic rings. The number of halogens is 5. The first kappa shape index (κ1) is 15.9. The Balaban J connectivity index is 2.42. The minimum absolute atomic E-state index is 0.0747. The first-order valence-corrected chi connectivity index (χ1v) is 7.43. The third-order valence-electron chi connectivity index (χ3n) is 2.26. The largest absolute Gasteiger partial charge is 0.505 e. The van der Waals surface area contributed by atoms with Gasteiger partial charge in [0.25, 0.3) is 0 Å². The van der Waals surface area contributed by atoms with Crippen molar-refractivity contribution in [3.8, 4) is 5.75 Å². The van der Waals surface area contributed by atoms with Crippen LogP contribution in [0.15, 0.2) is 39.0 Å². The first-order chi connectivity index (χ1) is 9.38. The predicted molar refractivity (Wildman–Crippen MR) is 86.5 cm³/mol. The summed E-state index contributed by atoms with van der Waals surface area (Å²) >= 11 is 26.7. The summed E-state index contributed by atoms with van der Waals surface area (Å²) in [7, 11) is 0. The van der Waals surface area contributed by atoms with E-state index >= 15 is 0 Å². The van der Waals surface area contributed by atoms with Gasteiger partial charge in [0.1, 0.15) is 11.4 Å². The molecule has 0 heterocycles. The lowest BCUT2D eigenvalue weighted by Crippen LogP contribution is -1.74. The SMILES string of the molecule is Oc1c(Br)cc(Cl)cc1N=Nc1cc(Cl)c(Cl)cc1Cl. The zero-order chi connectivity index (χ0) is 14.9. The van der Waals surface area contributed by atoms with Gasteiger partial charge in [0.05, 0.1) is 19.5 Å². The second-order valence-electron chi connectivity index (χ2n) is 3.67. The number of benzene rings is 2. The Labute approximate surface area is 143 Å². The van der Waals surface area contributed by atoms with Crippen molar-refractivity contribution in [3.63, 3.8) is 0 Å². The first-order valence-electron chi connectivity index (χ1n) is 5.13. The maximum Gasteiger partial charge on any atom is 0.157 e. The van der Waals surface area contributed by atoms with Crippen LogP contribution in [0.4, 0.5) is 11.4 Å². The number of azo groups is 1. The fraction of sp³-hybridized carbons (Fsp3) is 0. The van der Waals surface area contributed by atoms with Gasteiger partial charge in [-0.15, -0.1) is 10.2 Å². The van der Waals surface area contributed by atoms with E-state index in [1.165, 1.54) is 18.2 Å². The third-order valence-corrected chi connectivity index (χ3v) is 4.11. The normalized spacial score (nSPS) is 11.2. The van der Waals surface area contributed by atoms with Crippen molar-refractivity contribution in [1.29, 1.82) is 0 Å². The van der Waals surface area contributed by atoms with E-state index in [-0.39, 0.29) is 11.4 Å². The number of nitrogens with zero attached hydrogens (tertiary/aromatic N) is 2. The fourth-order valence-electron chi connectivity index (χ4n) is 1.33. The second kappa shape index (κ2) is 6.50. The highest BCUT2D eigenvalue weighted by molar-refractivity contribution is 9.10. The molecule has 2 aromatic carbocycles. The van der Waals surface area contributed by atoms with Crippen LogP contribution < -0.4 is 0 Å². The van der Waals surface area contributed by atoms with Crippen LogP contribution in [0.1, 0.15) is 0 Å². The summed E-state index contributed by atoms with van der Waals surface area (Å²) in [4.78, 5) is 0.